The lowest BCUT2D eigenvalue weighted by atomic mass is 9.93. The van der Waals surface area contributed by atoms with E-state index in [1.54, 1.807) is 15.9 Å². The quantitative estimate of drug-likeness (QED) is 0.220. The van der Waals surface area contributed by atoms with Gasteiger partial charge in [-0.3, -0.25) is 0 Å². The van der Waals surface area contributed by atoms with Crippen molar-refractivity contribution in [3.8, 4) is 21.8 Å². The minimum absolute atomic E-state index is 0.0812. The summed E-state index contributed by atoms with van der Waals surface area (Å²) in [5.41, 5.74) is 6.06. The lowest BCUT2D eigenvalue weighted by Gasteiger charge is -2.16. The molecule has 7 heteroatoms. The smallest absolute Gasteiger partial charge is 0.354 e. The van der Waals surface area contributed by atoms with E-state index in [-0.39, 0.29) is 12.5 Å². The fourth-order valence-corrected chi connectivity index (χ4v) is 5.45. The number of esters is 1. The molecule has 0 spiro atoms. The van der Waals surface area contributed by atoms with Crippen LogP contribution in [0.25, 0.3) is 32.7 Å². The van der Waals surface area contributed by atoms with E-state index in [9.17, 15) is 9.59 Å². The third-order valence-corrected chi connectivity index (χ3v) is 7.22. The van der Waals surface area contributed by atoms with Gasteiger partial charge in [0.05, 0.1) is 46.1 Å². The number of nitrogens with zero attached hydrogens (tertiary/aromatic N) is 3. The van der Waals surface area contributed by atoms with Crippen molar-refractivity contribution in [2.45, 2.75) is 53.0 Å². The Labute approximate surface area is 203 Å². The van der Waals surface area contributed by atoms with Crippen molar-refractivity contribution < 1.29 is 14.3 Å². The number of aldehydes is 1. The van der Waals surface area contributed by atoms with Crippen molar-refractivity contribution in [1.82, 2.24) is 14.5 Å². The minimum atomic E-state index is -0.444. The van der Waals surface area contributed by atoms with E-state index < -0.39 is 5.97 Å². The molecule has 3 aromatic heterocycles. The normalized spacial score (nSPS) is 12.1. The molecular formula is C27H29N3O3S. The van der Waals surface area contributed by atoms with Crippen LogP contribution in [-0.2, 0) is 16.1 Å². The van der Waals surface area contributed by atoms with E-state index in [1.165, 1.54) is 7.11 Å². The van der Waals surface area contributed by atoms with Crippen LogP contribution in [0.2, 0.25) is 0 Å². The van der Waals surface area contributed by atoms with Crippen LogP contribution in [0.3, 0.4) is 0 Å². The molecule has 1 atom stereocenters. The van der Waals surface area contributed by atoms with Gasteiger partial charge in [0.25, 0.3) is 0 Å². The number of ether oxygens (including phenoxy) is 1. The number of hydrogen-bond donors (Lipinski definition) is 0. The number of methoxy groups -OCH3 is 1. The van der Waals surface area contributed by atoms with Crippen LogP contribution in [0.4, 0.5) is 0 Å². The Morgan fingerprint density at radius 3 is 2.62 bits per heavy atom. The number of benzene rings is 1. The van der Waals surface area contributed by atoms with E-state index in [0.717, 1.165) is 68.1 Å². The van der Waals surface area contributed by atoms with Gasteiger partial charge in [0.1, 0.15) is 12.0 Å². The monoisotopic (exact) mass is 475 g/mol. The van der Waals surface area contributed by atoms with Gasteiger partial charge in [-0.25, -0.2) is 14.8 Å². The van der Waals surface area contributed by atoms with Gasteiger partial charge >= 0.3 is 5.97 Å². The van der Waals surface area contributed by atoms with E-state index in [4.69, 9.17) is 9.72 Å². The van der Waals surface area contributed by atoms with Crippen molar-refractivity contribution in [3.05, 3.63) is 58.4 Å². The molecule has 0 saturated heterocycles. The van der Waals surface area contributed by atoms with Crippen molar-refractivity contribution in [2.75, 3.05) is 7.11 Å². The van der Waals surface area contributed by atoms with Crippen LogP contribution in [0.5, 0.6) is 0 Å². The number of fused-ring (bicyclic) bond motifs is 1. The van der Waals surface area contributed by atoms with Crippen LogP contribution in [0.15, 0.2) is 36.4 Å². The van der Waals surface area contributed by atoms with Gasteiger partial charge in [-0.1, -0.05) is 32.4 Å². The molecule has 0 aliphatic heterocycles. The van der Waals surface area contributed by atoms with Crippen molar-refractivity contribution >= 4 is 34.5 Å². The number of aryl methyl sites for hydroxylation is 2. The molecule has 0 amide bonds. The first-order chi connectivity index (χ1) is 16.4. The summed E-state index contributed by atoms with van der Waals surface area (Å²) in [6.07, 6.45) is 2.82. The largest absolute Gasteiger partial charge is 0.464 e. The minimum Gasteiger partial charge on any atom is -0.464 e. The van der Waals surface area contributed by atoms with E-state index in [1.807, 2.05) is 38.1 Å². The molecular weight excluding hydrogens is 446 g/mol. The summed E-state index contributed by atoms with van der Waals surface area (Å²) in [5, 5.41) is 2.02. The van der Waals surface area contributed by atoms with Crippen LogP contribution in [0, 0.1) is 13.8 Å². The summed E-state index contributed by atoms with van der Waals surface area (Å²) in [6.45, 7) is 8.39. The molecule has 0 fully saturated rings. The molecule has 0 aliphatic carbocycles. The number of carbonyl (C=O) groups is 2. The lowest BCUT2D eigenvalue weighted by Crippen LogP contribution is -2.12. The Hall–Kier alpha value is -3.32. The Bertz CT molecular complexity index is 1370. The summed E-state index contributed by atoms with van der Waals surface area (Å²) >= 11 is 1.65. The first-order valence-corrected chi connectivity index (χ1v) is 12.3. The molecule has 1 aromatic carbocycles. The zero-order chi connectivity index (χ0) is 24.4. The molecule has 176 valence electrons. The van der Waals surface area contributed by atoms with Gasteiger partial charge in [0, 0.05) is 5.39 Å². The third-order valence-electron chi connectivity index (χ3n) is 6.13. The molecule has 0 N–H and O–H groups in total. The Morgan fingerprint density at radius 1 is 1.18 bits per heavy atom. The molecule has 4 rings (SSSR count). The highest BCUT2D eigenvalue weighted by atomic mass is 32.1. The van der Waals surface area contributed by atoms with Gasteiger partial charge in [-0.2, -0.15) is 0 Å². The van der Waals surface area contributed by atoms with E-state index >= 15 is 0 Å². The number of pyridine rings is 1. The molecule has 6 nitrogen and oxygen atoms in total. The summed E-state index contributed by atoms with van der Waals surface area (Å²) in [5.74, 6) is -0.217. The fourth-order valence-electron chi connectivity index (χ4n) is 4.56. The lowest BCUT2D eigenvalue weighted by molar-refractivity contribution is -0.108. The average molecular weight is 476 g/mol. The van der Waals surface area contributed by atoms with Gasteiger partial charge in [-0.15, -0.1) is 11.3 Å². The second-order valence-corrected chi connectivity index (χ2v) is 9.75. The van der Waals surface area contributed by atoms with Crippen LogP contribution in [-0.4, -0.2) is 33.9 Å². The molecule has 1 unspecified atom stereocenters. The van der Waals surface area contributed by atoms with E-state index in [0.29, 0.717) is 5.69 Å². The number of hydrogen-bond acceptors (Lipinski definition) is 6. The molecule has 0 bridgehead atoms. The van der Waals surface area contributed by atoms with Gasteiger partial charge in [0.2, 0.25) is 0 Å². The zero-order valence-corrected chi connectivity index (χ0v) is 21.0. The molecule has 4 aromatic rings. The topological polar surface area (TPSA) is 74.1 Å². The van der Waals surface area contributed by atoms with Crippen molar-refractivity contribution in [3.63, 3.8) is 0 Å². The second-order valence-electron chi connectivity index (χ2n) is 8.54. The molecule has 3 heterocycles. The highest BCUT2D eigenvalue weighted by Crippen LogP contribution is 2.37. The van der Waals surface area contributed by atoms with Crippen molar-refractivity contribution in [2.24, 2.45) is 0 Å². The summed E-state index contributed by atoms with van der Waals surface area (Å²) in [7, 11) is 1.36. The summed E-state index contributed by atoms with van der Waals surface area (Å²) < 4.78 is 6.78. The van der Waals surface area contributed by atoms with Gasteiger partial charge in [0.15, 0.2) is 0 Å². The first-order valence-electron chi connectivity index (χ1n) is 11.5. The molecule has 34 heavy (non-hydrogen) atoms. The maximum Gasteiger partial charge on any atom is 0.354 e. The van der Waals surface area contributed by atoms with Crippen LogP contribution >= 0.6 is 11.3 Å². The summed E-state index contributed by atoms with van der Waals surface area (Å²) in [4.78, 5) is 34.6. The predicted octanol–water partition coefficient (Wildman–Crippen LogP) is 6.33. The van der Waals surface area contributed by atoms with Crippen LogP contribution in [0.1, 0.15) is 59.4 Å². The van der Waals surface area contributed by atoms with Gasteiger partial charge in [-0.05, 0) is 61.6 Å². The molecule has 0 saturated carbocycles. The third kappa shape index (κ3) is 4.40. The van der Waals surface area contributed by atoms with Crippen molar-refractivity contribution in [1.29, 1.82) is 0 Å². The predicted molar refractivity (Wildman–Crippen MR) is 136 cm³/mol. The highest BCUT2D eigenvalue weighted by molar-refractivity contribution is 7.15. The van der Waals surface area contributed by atoms with Crippen LogP contribution < -0.4 is 0 Å². The highest BCUT2D eigenvalue weighted by Gasteiger charge is 2.24. The maximum atomic E-state index is 12.5. The SMILES string of the molecule is CCCC(C)c1cc(C(=O)OC)n(CC=O)c1-c1ccc2nc(-c3sc(C)nc3C)ccc2c1. The molecule has 0 radical (unpaired) electrons. The fraction of sp³-hybridized carbons (Fsp3) is 0.333. The number of aromatic nitrogens is 3. The molecule has 0 aliphatic rings. The standard InChI is InChI=1S/C27H29N3O3S/c1-6-7-16(2)21-15-24(27(32)33-5)30(12-13-31)25(21)20-9-10-22-19(14-20)8-11-23(29-22)26-17(3)28-18(4)34-26/h8-11,13-16H,6-7,12H2,1-5H3. The number of carbonyl (C=O) groups excluding carboxylic acids is 2. The van der Waals surface area contributed by atoms with Gasteiger partial charge < -0.3 is 14.1 Å². The summed E-state index contributed by atoms with van der Waals surface area (Å²) in [6, 6.07) is 12.1. The second kappa shape index (κ2) is 9.89. The van der Waals surface area contributed by atoms with E-state index in [2.05, 4.69) is 31.0 Å². The average Bonchev–Trinajstić information content (AvgIpc) is 3.37. The number of rotatable bonds is 8. The maximum absolute atomic E-state index is 12.5. The Morgan fingerprint density at radius 2 is 1.97 bits per heavy atom. The Kier molecular flexibility index (Phi) is 6.93. The number of thiazole rings is 1. The first kappa shape index (κ1) is 23.8. The zero-order valence-electron chi connectivity index (χ0n) is 20.2. The Balaban J connectivity index is 1.87.